The summed E-state index contributed by atoms with van der Waals surface area (Å²) in [6, 6.07) is 16.0. The lowest BCUT2D eigenvalue weighted by Gasteiger charge is -2.15. The van der Waals surface area contributed by atoms with Gasteiger partial charge in [0.1, 0.15) is 0 Å². The van der Waals surface area contributed by atoms with E-state index < -0.39 is 0 Å². The molecular formula is C16H12Br2N2. The Morgan fingerprint density at radius 3 is 2.60 bits per heavy atom. The zero-order valence-corrected chi connectivity index (χ0v) is 13.7. The van der Waals surface area contributed by atoms with Gasteiger partial charge in [0.2, 0.25) is 0 Å². The van der Waals surface area contributed by atoms with Crippen molar-refractivity contribution in [2.75, 3.05) is 0 Å². The fourth-order valence-electron chi connectivity index (χ4n) is 2.19. The Bertz CT molecular complexity index is 771. The van der Waals surface area contributed by atoms with Crippen molar-refractivity contribution in [1.29, 1.82) is 0 Å². The van der Waals surface area contributed by atoms with E-state index in [0.717, 1.165) is 31.0 Å². The number of para-hydroxylation sites is 1. The molecular weight excluding hydrogens is 380 g/mol. The van der Waals surface area contributed by atoms with Gasteiger partial charge in [0, 0.05) is 20.5 Å². The van der Waals surface area contributed by atoms with Gasteiger partial charge < -0.3 is 5.73 Å². The first-order valence-electron chi connectivity index (χ1n) is 6.20. The molecule has 1 unspecified atom stereocenters. The van der Waals surface area contributed by atoms with E-state index in [-0.39, 0.29) is 6.04 Å². The van der Waals surface area contributed by atoms with Crippen molar-refractivity contribution in [1.82, 2.24) is 4.98 Å². The van der Waals surface area contributed by atoms with Gasteiger partial charge in [-0.3, -0.25) is 4.98 Å². The highest BCUT2D eigenvalue weighted by molar-refractivity contribution is 9.11. The van der Waals surface area contributed by atoms with Gasteiger partial charge in [0.25, 0.3) is 0 Å². The van der Waals surface area contributed by atoms with Crippen LogP contribution >= 0.6 is 31.9 Å². The van der Waals surface area contributed by atoms with E-state index in [4.69, 9.17) is 5.73 Å². The molecule has 2 N–H and O–H groups in total. The van der Waals surface area contributed by atoms with Gasteiger partial charge in [-0.05, 0) is 35.4 Å². The molecule has 0 aliphatic carbocycles. The third-order valence-corrected chi connectivity index (χ3v) is 4.45. The molecule has 2 nitrogen and oxygen atoms in total. The number of aromatic nitrogens is 1. The lowest BCUT2D eigenvalue weighted by Crippen LogP contribution is -2.12. The van der Waals surface area contributed by atoms with Crippen LogP contribution in [0.1, 0.15) is 17.2 Å². The van der Waals surface area contributed by atoms with Crippen molar-refractivity contribution in [3.05, 3.63) is 74.8 Å². The van der Waals surface area contributed by atoms with Gasteiger partial charge in [-0.1, -0.05) is 56.1 Å². The average molecular weight is 392 g/mol. The molecule has 0 amide bonds. The van der Waals surface area contributed by atoms with Crippen LogP contribution in [0.3, 0.4) is 0 Å². The van der Waals surface area contributed by atoms with E-state index >= 15 is 0 Å². The van der Waals surface area contributed by atoms with Crippen LogP contribution in [0.15, 0.2) is 63.7 Å². The standard InChI is InChI=1S/C16H12Br2N2/c17-12-5-6-13(14(18)8-12)16(19)11-7-10-3-1-2-4-15(10)20-9-11/h1-9,16H,19H2. The van der Waals surface area contributed by atoms with Gasteiger partial charge in [0.05, 0.1) is 11.6 Å². The van der Waals surface area contributed by atoms with Crippen LogP contribution in [0.4, 0.5) is 0 Å². The summed E-state index contributed by atoms with van der Waals surface area (Å²) in [6.07, 6.45) is 1.85. The van der Waals surface area contributed by atoms with Crippen molar-refractivity contribution >= 4 is 42.8 Å². The van der Waals surface area contributed by atoms with Crippen LogP contribution in [-0.4, -0.2) is 4.98 Å². The van der Waals surface area contributed by atoms with E-state index in [9.17, 15) is 0 Å². The largest absolute Gasteiger partial charge is 0.320 e. The maximum atomic E-state index is 6.37. The molecule has 3 aromatic rings. The van der Waals surface area contributed by atoms with Crippen molar-refractivity contribution in [3.63, 3.8) is 0 Å². The van der Waals surface area contributed by atoms with Crippen molar-refractivity contribution < 1.29 is 0 Å². The number of halogens is 2. The molecule has 2 aromatic carbocycles. The molecule has 0 spiro atoms. The number of pyridine rings is 1. The molecule has 20 heavy (non-hydrogen) atoms. The summed E-state index contributed by atoms with van der Waals surface area (Å²) in [5.41, 5.74) is 9.41. The summed E-state index contributed by atoms with van der Waals surface area (Å²) in [6.45, 7) is 0. The highest BCUT2D eigenvalue weighted by Crippen LogP contribution is 2.30. The minimum atomic E-state index is -0.199. The molecule has 4 heteroatoms. The number of nitrogens with zero attached hydrogens (tertiary/aromatic N) is 1. The third kappa shape index (κ3) is 2.64. The predicted octanol–water partition coefficient (Wildman–Crippen LogP) is 4.81. The van der Waals surface area contributed by atoms with Crippen molar-refractivity contribution in [2.45, 2.75) is 6.04 Å². The van der Waals surface area contributed by atoms with Crippen LogP contribution in [-0.2, 0) is 0 Å². The average Bonchev–Trinajstić information content (AvgIpc) is 2.46. The summed E-state index contributed by atoms with van der Waals surface area (Å²) in [7, 11) is 0. The fourth-order valence-corrected chi connectivity index (χ4v) is 3.49. The van der Waals surface area contributed by atoms with Crippen molar-refractivity contribution in [3.8, 4) is 0 Å². The first-order valence-corrected chi connectivity index (χ1v) is 7.79. The van der Waals surface area contributed by atoms with E-state index in [1.807, 2.05) is 42.6 Å². The number of hydrogen-bond donors (Lipinski definition) is 1. The topological polar surface area (TPSA) is 38.9 Å². The molecule has 3 rings (SSSR count). The quantitative estimate of drug-likeness (QED) is 0.680. The van der Waals surface area contributed by atoms with Crippen LogP contribution in [0.2, 0.25) is 0 Å². The smallest absolute Gasteiger partial charge is 0.0702 e. The maximum Gasteiger partial charge on any atom is 0.0702 e. The Morgan fingerprint density at radius 2 is 1.80 bits per heavy atom. The maximum absolute atomic E-state index is 6.37. The van der Waals surface area contributed by atoms with Gasteiger partial charge in [-0.15, -0.1) is 0 Å². The number of fused-ring (bicyclic) bond motifs is 1. The Kier molecular flexibility index (Phi) is 3.87. The Labute approximate surface area is 134 Å². The molecule has 1 atom stereocenters. The van der Waals surface area contributed by atoms with Crippen LogP contribution in [0, 0.1) is 0 Å². The lowest BCUT2D eigenvalue weighted by molar-refractivity contribution is 0.861. The minimum Gasteiger partial charge on any atom is -0.320 e. The van der Waals surface area contributed by atoms with Crippen LogP contribution in [0.5, 0.6) is 0 Å². The van der Waals surface area contributed by atoms with Gasteiger partial charge in [-0.2, -0.15) is 0 Å². The van der Waals surface area contributed by atoms with E-state index in [2.05, 4.69) is 49.0 Å². The Morgan fingerprint density at radius 1 is 1.00 bits per heavy atom. The summed E-state index contributed by atoms with van der Waals surface area (Å²) in [5, 5.41) is 1.11. The number of hydrogen-bond acceptors (Lipinski definition) is 2. The second-order valence-corrected chi connectivity index (χ2v) is 6.37. The molecule has 0 aliphatic heterocycles. The molecule has 100 valence electrons. The first-order chi connectivity index (χ1) is 9.65. The number of benzene rings is 2. The van der Waals surface area contributed by atoms with Crippen molar-refractivity contribution in [2.24, 2.45) is 5.73 Å². The normalized spacial score (nSPS) is 12.6. The monoisotopic (exact) mass is 390 g/mol. The second kappa shape index (κ2) is 5.64. The first kappa shape index (κ1) is 13.7. The molecule has 0 bridgehead atoms. The summed E-state index contributed by atoms with van der Waals surface area (Å²) < 4.78 is 2.02. The number of rotatable bonds is 2. The predicted molar refractivity (Wildman–Crippen MR) is 89.6 cm³/mol. The molecule has 1 aromatic heterocycles. The Balaban J connectivity index is 2.05. The van der Waals surface area contributed by atoms with E-state index in [1.165, 1.54) is 0 Å². The van der Waals surface area contributed by atoms with Gasteiger partial charge in [-0.25, -0.2) is 0 Å². The zero-order valence-electron chi connectivity index (χ0n) is 10.6. The molecule has 1 heterocycles. The molecule has 0 radical (unpaired) electrons. The summed E-state index contributed by atoms with van der Waals surface area (Å²) in [5.74, 6) is 0. The molecule has 0 fully saturated rings. The lowest BCUT2D eigenvalue weighted by atomic mass is 10.00. The van der Waals surface area contributed by atoms with Crippen LogP contribution < -0.4 is 5.73 Å². The number of nitrogens with two attached hydrogens (primary N) is 1. The molecule has 0 saturated heterocycles. The SMILES string of the molecule is NC(c1cnc2ccccc2c1)c1ccc(Br)cc1Br. The molecule has 0 aliphatic rings. The second-order valence-electron chi connectivity index (χ2n) is 4.60. The fraction of sp³-hybridized carbons (Fsp3) is 0.0625. The third-order valence-electron chi connectivity index (χ3n) is 3.27. The van der Waals surface area contributed by atoms with Crippen LogP contribution in [0.25, 0.3) is 10.9 Å². The Hall–Kier alpha value is -1.23. The zero-order chi connectivity index (χ0) is 14.1. The van der Waals surface area contributed by atoms with Gasteiger partial charge >= 0.3 is 0 Å². The summed E-state index contributed by atoms with van der Waals surface area (Å²) in [4.78, 5) is 4.47. The van der Waals surface area contributed by atoms with E-state index in [0.29, 0.717) is 0 Å². The summed E-state index contributed by atoms with van der Waals surface area (Å²) >= 11 is 7.02. The molecule has 0 saturated carbocycles. The minimum absolute atomic E-state index is 0.199. The van der Waals surface area contributed by atoms with Gasteiger partial charge in [0.15, 0.2) is 0 Å². The highest BCUT2D eigenvalue weighted by Gasteiger charge is 2.13. The van der Waals surface area contributed by atoms with E-state index in [1.54, 1.807) is 0 Å². The highest BCUT2D eigenvalue weighted by atomic mass is 79.9.